The van der Waals surface area contributed by atoms with Crippen molar-refractivity contribution in [3.05, 3.63) is 46.8 Å². The van der Waals surface area contributed by atoms with Crippen molar-refractivity contribution in [2.45, 2.75) is 39.7 Å². The number of para-hydroxylation sites is 1. The lowest BCUT2D eigenvalue weighted by molar-refractivity contribution is 0.0938. The molecule has 1 aliphatic rings. The molecule has 1 unspecified atom stereocenters. The minimum atomic E-state index is -0.173. The first kappa shape index (κ1) is 16.2. The molecule has 2 aromatic rings. The average Bonchev–Trinajstić information content (AvgIpc) is 2.86. The number of aryl methyl sites for hydroxylation is 2. The van der Waals surface area contributed by atoms with Crippen molar-refractivity contribution in [3.8, 4) is 0 Å². The third-order valence-corrected chi connectivity index (χ3v) is 4.14. The van der Waals surface area contributed by atoms with Crippen molar-refractivity contribution in [2.75, 3.05) is 11.4 Å². The third-order valence-electron chi connectivity index (χ3n) is 4.14. The Kier molecular flexibility index (Phi) is 4.38. The summed E-state index contributed by atoms with van der Waals surface area (Å²) in [6.45, 7) is 6.08. The molecular weight excluding hydrogens is 306 g/mol. The smallest absolute Gasteiger partial charge is 0.263 e. The summed E-state index contributed by atoms with van der Waals surface area (Å²) in [6.07, 6.45) is 1.52. The quantitative estimate of drug-likeness (QED) is 0.940. The van der Waals surface area contributed by atoms with E-state index in [1.165, 1.54) is 0 Å². The Morgan fingerprint density at radius 2 is 2.17 bits per heavy atom. The first-order chi connectivity index (χ1) is 11.5. The van der Waals surface area contributed by atoms with Crippen molar-refractivity contribution in [1.82, 2.24) is 10.5 Å². The third kappa shape index (κ3) is 2.79. The largest absolute Gasteiger partial charge is 0.360 e. The van der Waals surface area contributed by atoms with E-state index in [0.29, 0.717) is 41.2 Å². The van der Waals surface area contributed by atoms with Gasteiger partial charge in [0.2, 0.25) is 0 Å². The molecule has 6 nitrogen and oxygen atoms in total. The van der Waals surface area contributed by atoms with Crippen LogP contribution in [-0.2, 0) is 6.42 Å². The van der Waals surface area contributed by atoms with Gasteiger partial charge >= 0.3 is 0 Å². The number of carbonyl (C=O) groups excluding carboxylic acids is 2. The van der Waals surface area contributed by atoms with Gasteiger partial charge in [-0.1, -0.05) is 24.2 Å². The summed E-state index contributed by atoms with van der Waals surface area (Å²) in [4.78, 5) is 27.2. The monoisotopic (exact) mass is 327 g/mol. The number of anilines is 1. The number of rotatable bonds is 3. The second-order valence-electron chi connectivity index (χ2n) is 6.12. The zero-order chi connectivity index (χ0) is 17.3. The molecule has 2 heterocycles. The highest BCUT2D eigenvalue weighted by Gasteiger charge is 2.31. The summed E-state index contributed by atoms with van der Waals surface area (Å²) in [7, 11) is 0. The van der Waals surface area contributed by atoms with Crippen LogP contribution in [0.4, 0.5) is 5.69 Å². The molecule has 1 aromatic carbocycles. The highest BCUT2D eigenvalue weighted by Crippen LogP contribution is 2.27. The number of nitrogens with one attached hydrogen (secondary N) is 1. The molecule has 1 aromatic heterocycles. The van der Waals surface area contributed by atoms with Crippen molar-refractivity contribution in [1.29, 1.82) is 0 Å². The number of fused-ring (bicyclic) bond motifs is 1. The van der Waals surface area contributed by atoms with E-state index in [9.17, 15) is 9.59 Å². The molecule has 126 valence electrons. The van der Waals surface area contributed by atoms with Crippen LogP contribution >= 0.6 is 0 Å². The lowest BCUT2D eigenvalue weighted by Gasteiger charge is -2.24. The average molecular weight is 327 g/mol. The maximum atomic E-state index is 13.2. The normalized spacial score (nSPS) is 17.2. The molecule has 0 bridgehead atoms. The minimum absolute atomic E-state index is 0.149. The van der Waals surface area contributed by atoms with E-state index in [1.807, 2.05) is 19.9 Å². The van der Waals surface area contributed by atoms with Crippen LogP contribution in [0.2, 0.25) is 0 Å². The van der Waals surface area contributed by atoms with Crippen LogP contribution in [-0.4, -0.2) is 29.6 Å². The zero-order valence-electron chi connectivity index (χ0n) is 14.1. The number of hydrogen-bond acceptors (Lipinski definition) is 4. The van der Waals surface area contributed by atoms with Gasteiger partial charge in [0.05, 0.1) is 16.9 Å². The number of carbonyl (C=O) groups is 2. The Morgan fingerprint density at radius 3 is 2.92 bits per heavy atom. The Bertz CT molecular complexity index is 782. The molecule has 1 atom stereocenters. The number of hydrogen-bond donors (Lipinski definition) is 1. The Hall–Kier alpha value is -2.63. The molecule has 1 aliphatic heterocycles. The summed E-state index contributed by atoms with van der Waals surface area (Å²) in [5.41, 5.74) is 2.21. The summed E-state index contributed by atoms with van der Waals surface area (Å²) in [5, 5.41) is 6.87. The van der Waals surface area contributed by atoms with Crippen LogP contribution in [0.5, 0.6) is 0 Å². The van der Waals surface area contributed by atoms with Crippen LogP contribution in [0, 0.1) is 6.92 Å². The van der Waals surface area contributed by atoms with E-state index < -0.39 is 0 Å². The number of amides is 2. The van der Waals surface area contributed by atoms with Crippen molar-refractivity contribution in [2.24, 2.45) is 0 Å². The van der Waals surface area contributed by atoms with Crippen molar-refractivity contribution < 1.29 is 14.1 Å². The second kappa shape index (κ2) is 6.47. The first-order valence-electron chi connectivity index (χ1n) is 8.19. The van der Waals surface area contributed by atoms with Crippen LogP contribution in [0.3, 0.4) is 0 Å². The van der Waals surface area contributed by atoms with Gasteiger partial charge in [0.1, 0.15) is 11.3 Å². The van der Waals surface area contributed by atoms with E-state index in [0.717, 1.165) is 6.42 Å². The number of aromatic nitrogens is 1. The zero-order valence-corrected chi connectivity index (χ0v) is 14.1. The van der Waals surface area contributed by atoms with Crippen LogP contribution in [0.1, 0.15) is 52.4 Å². The van der Waals surface area contributed by atoms with Crippen LogP contribution in [0.25, 0.3) is 0 Å². The summed E-state index contributed by atoms with van der Waals surface area (Å²) in [5.74, 6) is 0.269. The Morgan fingerprint density at radius 1 is 1.42 bits per heavy atom. The fraction of sp³-hybridized carbons (Fsp3) is 0.389. The number of benzene rings is 1. The molecule has 3 rings (SSSR count). The van der Waals surface area contributed by atoms with E-state index >= 15 is 0 Å². The molecule has 0 aliphatic carbocycles. The lowest BCUT2D eigenvalue weighted by atomic mass is 10.1. The fourth-order valence-corrected chi connectivity index (χ4v) is 3.04. The topological polar surface area (TPSA) is 75.4 Å². The molecule has 0 saturated carbocycles. The maximum Gasteiger partial charge on any atom is 0.263 e. The van der Waals surface area contributed by atoms with Crippen molar-refractivity contribution in [3.63, 3.8) is 0 Å². The predicted octanol–water partition coefficient (Wildman–Crippen LogP) is 2.71. The summed E-state index contributed by atoms with van der Waals surface area (Å²) < 4.78 is 5.33. The van der Waals surface area contributed by atoms with Gasteiger partial charge < -0.3 is 14.7 Å². The van der Waals surface area contributed by atoms with E-state index in [2.05, 4.69) is 10.5 Å². The van der Waals surface area contributed by atoms with E-state index in [4.69, 9.17) is 4.52 Å². The summed E-state index contributed by atoms with van der Waals surface area (Å²) >= 11 is 0. The molecule has 24 heavy (non-hydrogen) atoms. The molecule has 0 radical (unpaired) electrons. The molecule has 2 amide bonds. The SMILES string of the molecule is CCCc1onc(C)c1C(=O)N1CC(C)NC(=O)c2ccccc21. The molecular formula is C18H21N3O3. The van der Waals surface area contributed by atoms with Gasteiger partial charge in [-0.3, -0.25) is 9.59 Å². The van der Waals surface area contributed by atoms with Gasteiger partial charge in [-0.2, -0.15) is 0 Å². The Labute approximate surface area is 140 Å². The Balaban J connectivity index is 2.07. The minimum Gasteiger partial charge on any atom is -0.360 e. The highest BCUT2D eigenvalue weighted by atomic mass is 16.5. The number of nitrogens with zero attached hydrogens (tertiary/aromatic N) is 2. The first-order valence-corrected chi connectivity index (χ1v) is 8.19. The standard InChI is InChI=1S/C18H21N3O3/c1-4-7-15-16(12(3)20-24-15)18(23)21-10-11(2)19-17(22)13-8-5-6-9-14(13)21/h5-6,8-9,11H,4,7,10H2,1-3H3,(H,19,22). The molecule has 0 saturated heterocycles. The van der Waals surface area contributed by atoms with Gasteiger partial charge in [-0.25, -0.2) is 0 Å². The van der Waals surface area contributed by atoms with Crippen LogP contribution < -0.4 is 10.2 Å². The van der Waals surface area contributed by atoms with Gasteiger partial charge in [-0.05, 0) is 32.4 Å². The summed E-state index contributed by atoms with van der Waals surface area (Å²) in [6, 6.07) is 7.01. The van der Waals surface area contributed by atoms with Gasteiger partial charge in [0.25, 0.3) is 11.8 Å². The van der Waals surface area contributed by atoms with Gasteiger partial charge in [-0.15, -0.1) is 0 Å². The van der Waals surface area contributed by atoms with Crippen LogP contribution in [0.15, 0.2) is 28.8 Å². The highest BCUT2D eigenvalue weighted by molar-refractivity contribution is 6.12. The molecule has 1 N–H and O–H groups in total. The molecule has 6 heteroatoms. The fourth-order valence-electron chi connectivity index (χ4n) is 3.04. The van der Waals surface area contributed by atoms with Gasteiger partial charge in [0.15, 0.2) is 0 Å². The maximum absolute atomic E-state index is 13.2. The van der Waals surface area contributed by atoms with E-state index in [1.54, 1.807) is 30.0 Å². The second-order valence-corrected chi connectivity index (χ2v) is 6.12. The van der Waals surface area contributed by atoms with Crippen molar-refractivity contribution >= 4 is 17.5 Å². The van der Waals surface area contributed by atoms with Gasteiger partial charge in [0, 0.05) is 19.0 Å². The lowest BCUT2D eigenvalue weighted by Crippen LogP contribution is -2.41. The van der Waals surface area contributed by atoms with E-state index in [-0.39, 0.29) is 17.9 Å². The molecule has 0 spiro atoms. The predicted molar refractivity (Wildman–Crippen MR) is 90.3 cm³/mol. The molecule has 0 fully saturated rings.